The Balaban J connectivity index is 1.83. The van der Waals surface area contributed by atoms with Crippen LogP contribution in [-0.4, -0.2) is 5.11 Å². The van der Waals surface area contributed by atoms with Gasteiger partial charge in [0.2, 0.25) is 0 Å². The number of aliphatic hydroxyl groups is 1. The monoisotopic (exact) mass is 266 g/mol. The summed E-state index contributed by atoms with van der Waals surface area (Å²) in [6.07, 6.45) is 17.1. The summed E-state index contributed by atoms with van der Waals surface area (Å²) in [7, 11) is 0. The van der Waals surface area contributed by atoms with Crippen molar-refractivity contribution >= 4 is 0 Å². The van der Waals surface area contributed by atoms with Gasteiger partial charge in [0.05, 0.1) is 18.6 Å². The Morgan fingerprint density at radius 3 is 2.05 bits per heavy atom. The van der Waals surface area contributed by atoms with Crippen LogP contribution in [0.2, 0.25) is 0 Å². The highest BCUT2D eigenvalue weighted by Gasteiger charge is 2.07. The molecule has 2 heteroatoms. The SMILES string of the molecule is CCCCCCCCCCCCC(O)c1ccoc1. The predicted octanol–water partition coefficient (Wildman–Crippen LogP) is 5.62. The molecule has 0 bridgehead atoms. The Morgan fingerprint density at radius 1 is 0.947 bits per heavy atom. The molecule has 2 nitrogen and oxygen atoms in total. The Kier molecular flexibility index (Phi) is 9.52. The first-order chi connectivity index (χ1) is 9.34. The van der Waals surface area contributed by atoms with Gasteiger partial charge in [-0.15, -0.1) is 0 Å². The van der Waals surface area contributed by atoms with E-state index in [0.29, 0.717) is 0 Å². The Labute approximate surface area is 118 Å². The largest absolute Gasteiger partial charge is 0.472 e. The van der Waals surface area contributed by atoms with Crippen LogP contribution in [0.15, 0.2) is 23.0 Å². The topological polar surface area (TPSA) is 33.4 Å². The Hall–Kier alpha value is -0.760. The average Bonchev–Trinajstić information content (AvgIpc) is 2.95. The molecule has 0 saturated heterocycles. The Bertz CT molecular complexity index is 279. The number of rotatable bonds is 12. The van der Waals surface area contributed by atoms with E-state index < -0.39 is 0 Å². The molecule has 0 fully saturated rings. The molecule has 1 N–H and O–H groups in total. The number of unbranched alkanes of at least 4 members (excludes halogenated alkanes) is 9. The first kappa shape index (κ1) is 16.3. The smallest absolute Gasteiger partial charge is 0.0960 e. The summed E-state index contributed by atoms with van der Waals surface area (Å²) in [4.78, 5) is 0. The molecular formula is C17H30O2. The van der Waals surface area contributed by atoms with Crippen molar-refractivity contribution in [2.75, 3.05) is 0 Å². The lowest BCUT2D eigenvalue weighted by Gasteiger charge is -2.07. The molecule has 0 radical (unpaired) electrons. The van der Waals surface area contributed by atoms with Crippen molar-refractivity contribution in [2.45, 2.75) is 83.7 Å². The molecule has 1 unspecified atom stereocenters. The van der Waals surface area contributed by atoms with Gasteiger partial charge >= 0.3 is 0 Å². The minimum absolute atomic E-state index is 0.340. The molecule has 1 aromatic heterocycles. The number of hydrogen-bond donors (Lipinski definition) is 1. The quantitative estimate of drug-likeness (QED) is 0.498. The van der Waals surface area contributed by atoms with Gasteiger partial charge in [-0.25, -0.2) is 0 Å². The molecule has 19 heavy (non-hydrogen) atoms. The molecule has 0 amide bonds. The van der Waals surface area contributed by atoms with Crippen LogP contribution in [0.5, 0.6) is 0 Å². The van der Waals surface area contributed by atoms with Crippen molar-refractivity contribution in [2.24, 2.45) is 0 Å². The van der Waals surface area contributed by atoms with Gasteiger partial charge in [0.1, 0.15) is 0 Å². The summed E-state index contributed by atoms with van der Waals surface area (Å²) in [6, 6.07) is 1.85. The Morgan fingerprint density at radius 2 is 1.53 bits per heavy atom. The van der Waals surface area contributed by atoms with E-state index in [1.54, 1.807) is 12.5 Å². The zero-order valence-electron chi connectivity index (χ0n) is 12.4. The number of hydrogen-bond acceptors (Lipinski definition) is 2. The van der Waals surface area contributed by atoms with E-state index in [0.717, 1.165) is 18.4 Å². The van der Waals surface area contributed by atoms with Crippen LogP contribution in [0, 0.1) is 0 Å². The van der Waals surface area contributed by atoms with E-state index in [2.05, 4.69) is 6.92 Å². The van der Waals surface area contributed by atoms with Crippen molar-refractivity contribution in [3.8, 4) is 0 Å². The van der Waals surface area contributed by atoms with Gasteiger partial charge in [-0.05, 0) is 12.5 Å². The molecule has 0 aliphatic rings. The summed E-state index contributed by atoms with van der Waals surface area (Å²) in [5.74, 6) is 0. The lowest BCUT2D eigenvalue weighted by molar-refractivity contribution is 0.162. The van der Waals surface area contributed by atoms with Gasteiger partial charge in [0.25, 0.3) is 0 Å². The predicted molar refractivity (Wildman–Crippen MR) is 80.1 cm³/mol. The fraction of sp³-hybridized carbons (Fsp3) is 0.765. The van der Waals surface area contributed by atoms with Crippen molar-refractivity contribution in [3.05, 3.63) is 24.2 Å². The normalized spacial score (nSPS) is 12.7. The molecule has 0 aromatic carbocycles. The second kappa shape index (κ2) is 11.1. The third kappa shape index (κ3) is 8.10. The zero-order valence-corrected chi connectivity index (χ0v) is 12.4. The molecule has 1 aromatic rings. The van der Waals surface area contributed by atoms with E-state index in [4.69, 9.17) is 4.42 Å². The van der Waals surface area contributed by atoms with Crippen LogP contribution < -0.4 is 0 Å². The molecule has 0 saturated carbocycles. The average molecular weight is 266 g/mol. The van der Waals surface area contributed by atoms with E-state index in [1.165, 1.54) is 57.8 Å². The van der Waals surface area contributed by atoms with E-state index in [-0.39, 0.29) is 6.10 Å². The van der Waals surface area contributed by atoms with Crippen LogP contribution in [0.1, 0.15) is 89.2 Å². The number of aliphatic hydroxyl groups excluding tert-OH is 1. The molecule has 0 aliphatic heterocycles. The molecule has 1 heterocycles. The van der Waals surface area contributed by atoms with Crippen LogP contribution in [0.3, 0.4) is 0 Å². The van der Waals surface area contributed by atoms with Crippen LogP contribution in [0.25, 0.3) is 0 Å². The van der Waals surface area contributed by atoms with E-state index in [1.807, 2.05) is 6.07 Å². The van der Waals surface area contributed by atoms with Crippen molar-refractivity contribution in [1.82, 2.24) is 0 Å². The maximum absolute atomic E-state index is 9.87. The second-order valence-corrected chi connectivity index (χ2v) is 5.54. The maximum Gasteiger partial charge on any atom is 0.0960 e. The fourth-order valence-corrected chi connectivity index (χ4v) is 2.46. The lowest BCUT2D eigenvalue weighted by Crippen LogP contribution is -1.95. The lowest BCUT2D eigenvalue weighted by atomic mass is 10.0. The van der Waals surface area contributed by atoms with Crippen molar-refractivity contribution in [1.29, 1.82) is 0 Å². The van der Waals surface area contributed by atoms with Gasteiger partial charge in [-0.1, -0.05) is 71.1 Å². The fourth-order valence-electron chi connectivity index (χ4n) is 2.46. The minimum Gasteiger partial charge on any atom is -0.472 e. The second-order valence-electron chi connectivity index (χ2n) is 5.54. The summed E-state index contributed by atoms with van der Waals surface area (Å²) < 4.78 is 4.98. The highest BCUT2D eigenvalue weighted by atomic mass is 16.3. The molecular weight excluding hydrogens is 236 g/mol. The van der Waals surface area contributed by atoms with Crippen LogP contribution >= 0.6 is 0 Å². The van der Waals surface area contributed by atoms with Gasteiger partial charge in [-0.3, -0.25) is 0 Å². The van der Waals surface area contributed by atoms with Crippen LogP contribution in [0.4, 0.5) is 0 Å². The molecule has 110 valence electrons. The third-order valence-corrected chi connectivity index (χ3v) is 3.76. The molecule has 0 aliphatic carbocycles. The first-order valence-electron chi connectivity index (χ1n) is 8.04. The summed E-state index contributed by atoms with van der Waals surface area (Å²) in [5, 5.41) is 9.87. The van der Waals surface area contributed by atoms with Crippen molar-refractivity contribution < 1.29 is 9.52 Å². The molecule has 1 rings (SSSR count). The highest BCUT2D eigenvalue weighted by molar-refractivity contribution is 5.08. The van der Waals surface area contributed by atoms with Gasteiger partial charge < -0.3 is 9.52 Å². The maximum atomic E-state index is 9.87. The van der Waals surface area contributed by atoms with Gasteiger partial charge in [0, 0.05) is 5.56 Å². The zero-order chi connectivity index (χ0) is 13.8. The highest BCUT2D eigenvalue weighted by Crippen LogP contribution is 2.20. The van der Waals surface area contributed by atoms with Gasteiger partial charge in [0.15, 0.2) is 0 Å². The summed E-state index contributed by atoms with van der Waals surface area (Å²) in [5.41, 5.74) is 0.913. The van der Waals surface area contributed by atoms with E-state index >= 15 is 0 Å². The molecule has 0 spiro atoms. The summed E-state index contributed by atoms with van der Waals surface area (Å²) >= 11 is 0. The minimum atomic E-state index is -0.340. The summed E-state index contributed by atoms with van der Waals surface area (Å²) in [6.45, 7) is 2.26. The van der Waals surface area contributed by atoms with Gasteiger partial charge in [-0.2, -0.15) is 0 Å². The van der Waals surface area contributed by atoms with Crippen LogP contribution in [-0.2, 0) is 0 Å². The standard InChI is InChI=1S/C17H30O2/c1-2-3-4-5-6-7-8-9-10-11-12-17(18)16-13-14-19-15-16/h13-15,17-18H,2-12H2,1H3. The van der Waals surface area contributed by atoms with Crippen molar-refractivity contribution in [3.63, 3.8) is 0 Å². The van der Waals surface area contributed by atoms with E-state index in [9.17, 15) is 5.11 Å². The first-order valence-corrected chi connectivity index (χ1v) is 8.04. The third-order valence-electron chi connectivity index (χ3n) is 3.76. The number of furan rings is 1. The molecule has 1 atom stereocenters.